The quantitative estimate of drug-likeness (QED) is 0.355. The summed E-state index contributed by atoms with van der Waals surface area (Å²) in [6.45, 7) is 1.95. The summed E-state index contributed by atoms with van der Waals surface area (Å²) in [5.41, 5.74) is 3.84. The van der Waals surface area contributed by atoms with Crippen LogP contribution >= 0.6 is 0 Å². The van der Waals surface area contributed by atoms with Crippen LogP contribution in [0, 0.1) is 18.6 Å². The van der Waals surface area contributed by atoms with Crippen LogP contribution in [-0.4, -0.2) is 20.7 Å². The van der Waals surface area contributed by atoms with E-state index in [-0.39, 0.29) is 12.4 Å². The Morgan fingerprint density at radius 3 is 2.56 bits per heavy atom. The van der Waals surface area contributed by atoms with E-state index in [0.29, 0.717) is 33.5 Å². The van der Waals surface area contributed by atoms with E-state index in [1.54, 1.807) is 48.1 Å². The number of carbonyl (C=O) groups is 1. The highest BCUT2D eigenvalue weighted by atomic mass is 19.1. The SMILES string of the molecule is Cc1ccc(NC(=O)c2cc(-c3ccccc3)nc3c2cnn3Cc2cccc(F)c2)cc1F. The van der Waals surface area contributed by atoms with E-state index in [4.69, 9.17) is 4.98 Å². The molecule has 0 atom stereocenters. The Labute approximate surface area is 194 Å². The summed E-state index contributed by atoms with van der Waals surface area (Å²) < 4.78 is 29.3. The molecule has 0 aliphatic heterocycles. The summed E-state index contributed by atoms with van der Waals surface area (Å²) in [4.78, 5) is 18.0. The van der Waals surface area contributed by atoms with Gasteiger partial charge in [-0.05, 0) is 48.4 Å². The number of aryl methyl sites for hydroxylation is 1. The molecule has 5 nitrogen and oxygen atoms in total. The minimum absolute atomic E-state index is 0.288. The van der Waals surface area contributed by atoms with Gasteiger partial charge in [-0.3, -0.25) is 4.79 Å². The molecule has 5 rings (SSSR count). The zero-order chi connectivity index (χ0) is 23.7. The molecule has 0 aliphatic carbocycles. The molecule has 2 heterocycles. The molecule has 0 bridgehead atoms. The van der Waals surface area contributed by atoms with Gasteiger partial charge in [-0.15, -0.1) is 0 Å². The molecule has 0 spiro atoms. The molecular weight excluding hydrogens is 434 g/mol. The molecule has 0 radical (unpaired) electrons. The fraction of sp³-hybridized carbons (Fsp3) is 0.0741. The highest BCUT2D eigenvalue weighted by Gasteiger charge is 2.18. The van der Waals surface area contributed by atoms with E-state index in [9.17, 15) is 13.6 Å². The van der Waals surface area contributed by atoms with Crippen molar-refractivity contribution in [2.45, 2.75) is 13.5 Å². The van der Waals surface area contributed by atoms with Crippen LogP contribution < -0.4 is 5.32 Å². The van der Waals surface area contributed by atoms with Crippen molar-refractivity contribution in [3.05, 3.63) is 113 Å². The molecule has 0 unspecified atom stereocenters. The average molecular weight is 454 g/mol. The van der Waals surface area contributed by atoms with Crippen LogP contribution in [0.2, 0.25) is 0 Å². The molecule has 3 aromatic carbocycles. The largest absolute Gasteiger partial charge is 0.322 e. The highest BCUT2D eigenvalue weighted by Crippen LogP contribution is 2.26. The lowest BCUT2D eigenvalue weighted by Gasteiger charge is -2.10. The number of rotatable bonds is 5. The van der Waals surface area contributed by atoms with Crippen molar-refractivity contribution < 1.29 is 13.6 Å². The molecule has 0 saturated carbocycles. The van der Waals surface area contributed by atoms with E-state index in [1.165, 1.54) is 18.2 Å². The summed E-state index contributed by atoms with van der Waals surface area (Å²) in [7, 11) is 0. The van der Waals surface area contributed by atoms with Crippen LogP contribution in [0.4, 0.5) is 14.5 Å². The highest BCUT2D eigenvalue weighted by molar-refractivity contribution is 6.12. The fourth-order valence-electron chi connectivity index (χ4n) is 3.79. The number of nitrogens with one attached hydrogen (secondary N) is 1. The minimum Gasteiger partial charge on any atom is -0.322 e. The predicted molar refractivity (Wildman–Crippen MR) is 128 cm³/mol. The number of fused-ring (bicyclic) bond motifs is 1. The Kier molecular flexibility index (Phi) is 5.59. The molecule has 34 heavy (non-hydrogen) atoms. The van der Waals surface area contributed by atoms with Crippen molar-refractivity contribution in [1.82, 2.24) is 14.8 Å². The number of nitrogens with zero attached hydrogens (tertiary/aromatic N) is 3. The van der Waals surface area contributed by atoms with Crippen LogP contribution in [0.25, 0.3) is 22.3 Å². The number of benzene rings is 3. The van der Waals surface area contributed by atoms with Crippen LogP contribution in [0.5, 0.6) is 0 Å². The zero-order valence-corrected chi connectivity index (χ0v) is 18.3. The summed E-state index contributed by atoms with van der Waals surface area (Å²) >= 11 is 0. The lowest BCUT2D eigenvalue weighted by molar-refractivity contribution is 0.102. The fourth-order valence-corrected chi connectivity index (χ4v) is 3.79. The van der Waals surface area contributed by atoms with Crippen molar-refractivity contribution in [3.63, 3.8) is 0 Å². The third kappa shape index (κ3) is 4.28. The van der Waals surface area contributed by atoms with Crippen LogP contribution in [0.3, 0.4) is 0 Å². The standard InChI is InChI=1S/C27H20F2N4O/c1-17-10-11-21(13-24(17)29)31-27(34)22-14-25(19-7-3-2-4-8-19)32-26-23(22)15-30-33(26)16-18-6-5-9-20(28)12-18/h2-15H,16H2,1H3,(H,31,34). The third-order valence-electron chi connectivity index (χ3n) is 5.57. The second-order valence-electron chi connectivity index (χ2n) is 8.01. The molecule has 2 aromatic heterocycles. The first-order chi connectivity index (χ1) is 16.5. The summed E-state index contributed by atoms with van der Waals surface area (Å²) in [5.74, 6) is -1.14. The summed E-state index contributed by atoms with van der Waals surface area (Å²) in [6.07, 6.45) is 1.57. The Morgan fingerprint density at radius 1 is 0.971 bits per heavy atom. The van der Waals surface area contributed by atoms with E-state index < -0.39 is 11.7 Å². The normalized spacial score (nSPS) is 11.0. The van der Waals surface area contributed by atoms with Gasteiger partial charge in [-0.25, -0.2) is 18.4 Å². The van der Waals surface area contributed by atoms with Gasteiger partial charge < -0.3 is 5.32 Å². The monoisotopic (exact) mass is 454 g/mol. The Bertz CT molecular complexity index is 1510. The Hall–Kier alpha value is -4.39. The second-order valence-corrected chi connectivity index (χ2v) is 8.01. The number of halogens is 2. The molecule has 1 N–H and O–H groups in total. The third-order valence-corrected chi connectivity index (χ3v) is 5.57. The van der Waals surface area contributed by atoms with Gasteiger partial charge >= 0.3 is 0 Å². The number of aromatic nitrogens is 3. The average Bonchev–Trinajstić information content (AvgIpc) is 3.24. The number of hydrogen-bond donors (Lipinski definition) is 1. The first-order valence-corrected chi connectivity index (χ1v) is 10.7. The first kappa shape index (κ1) is 21.5. The van der Waals surface area contributed by atoms with Crippen molar-refractivity contribution >= 4 is 22.6 Å². The molecule has 0 aliphatic rings. The number of anilines is 1. The lowest BCUT2D eigenvalue weighted by Crippen LogP contribution is -2.13. The predicted octanol–water partition coefficient (Wildman–Crippen LogP) is 5.99. The molecule has 7 heteroatoms. The molecule has 0 saturated heterocycles. The maximum Gasteiger partial charge on any atom is 0.256 e. The molecule has 0 fully saturated rings. The van der Waals surface area contributed by atoms with Crippen LogP contribution in [0.15, 0.2) is 85.1 Å². The van der Waals surface area contributed by atoms with Crippen molar-refractivity contribution in [3.8, 4) is 11.3 Å². The minimum atomic E-state index is -0.405. The van der Waals surface area contributed by atoms with Crippen molar-refractivity contribution in [2.24, 2.45) is 0 Å². The summed E-state index contributed by atoms with van der Waals surface area (Å²) in [6, 6.07) is 22.0. The van der Waals surface area contributed by atoms with Gasteiger partial charge in [0.25, 0.3) is 5.91 Å². The van der Waals surface area contributed by atoms with Crippen LogP contribution in [-0.2, 0) is 6.54 Å². The second kappa shape index (κ2) is 8.86. The van der Waals surface area contributed by atoms with Gasteiger partial charge in [-0.1, -0.05) is 48.5 Å². The molecular formula is C27H20F2N4O. The topological polar surface area (TPSA) is 59.8 Å². The molecule has 168 valence electrons. The van der Waals surface area contributed by atoms with Crippen molar-refractivity contribution in [1.29, 1.82) is 0 Å². The maximum absolute atomic E-state index is 14.0. The Balaban J connectivity index is 1.60. The molecule has 5 aromatic rings. The zero-order valence-electron chi connectivity index (χ0n) is 18.3. The first-order valence-electron chi connectivity index (χ1n) is 10.7. The van der Waals surface area contributed by atoms with Gasteiger partial charge in [0.05, 0.1) is 29.4 Å². The van der Waals surface area contributed by atoms with E-state index in [2.05, 4.69) is 10.4 Å². The molecule has 1 amide bonds. The van der Waals surface area contributed by atoms with Gasteiger partial charge in [0.1, 0.15) is 11.6 Å². The van der Waals surface area contributed by atoms with Gasteiger partial charge in [0.2, 0.25) is 0 Å². The number of pyridine rings is 1. The van der Waals surface area contributed by atoms with Gasteiger partial charge in [-0.2, -0.15) is 5.10 Å². The Morgan fingerprint density at radius 2 is 1.79 bits per heavy atom. The number of hydrogen-bond acceptors (Lipinski definition) is 3. The summed E-state index contributed by atoms with van der Waals surface area (Å²) in [5, 5.41) is 7.74. The van der Waals surface area contributed by atoms with E-state index in [0.717, 1.165) is 11.1 Å². The lowest BCUT2D eigenvalue weighted by atomic mass is 10.1. The van der Waals surface area contributed by atoms with E-state index in [1.807, 2.05) is 30.3 Å². The van der Waals surface area contributed by atoms with E-state index >= 15 is 0 Å². The van der Waals surface area contributed by atoms with Crippen LogP contribution in [0.1, 0.15) is 21.5 Å². The number of carbonyl (C=O) groups excluding carboxylic acids is 1. The van der Waals surface area contributed by atoms with Gasteiger partial charge in [0.15, 0.2) is 5.65 Å². The van der Waals surface area contributed by atoms with Gasteiger partial charge in [0, 0.05) is 11.3 Å². The maximum atomic E-state index is 14.0. The van der Waals surface area contributed by atoms with Crippen molar-refractivity contribution in [2.75, 3.05) is 5.32 Å². The smallest absolute Gasteiger partial charge is 0.256 e. The number of amides is 1.